The molecule has 1 aliphatic rings. The summed E-state index contributed by atoms with van der Waals surface area (Å²) in [5.74, 6) is 0.862. The third-order valence-corrected chi connectivity index (χ3v) is 3.28. The highest BCUT2D eigenvalue weighted by atomic mass is 16.5. The lowest BCUT2D eigenvalue weighted by atomic mass is 10.4. The van der Waals surface area contributed by atoms with Crippen molar-refractivity contribution in [3.05, 3.63) is 18.0 Å². The molecule has 1 N–H and O–H groups in total. The lowest BCUT2D eigenvalue weighted by Crippen LogP contribution is -2.44. The first-order chi connectivity index (χ1) is 9.79. The van der Waals surface area contributed by atoms with Crippen molar-refractivity contribution in [3.8, 4) is 0 Å². The van der Waals surface area contributed by atoms with Crippen LogP contribution in [-0.4, -0.2) is 74.4 Å². The Morgan fingerprint density at radius 3 is 2.95 bits per heavy atom. The SMILES string of the molecule is CN=C(NCCN1CCOCC1)N(C)Cc1ccon1. The van der Waals surface area contributed by atoms with E-state index in [0.717, 1.165) is 51.0 Å². The van der Waals surface area contributed by atoms with Crippen LogP contribution in [0.4, 0.5) is 0 Å². The highest BCUT2D eigenvalue weighted by Gasteiger charge is 2.11. The van der Waals surface area contributed by atoms with E-state index in [4.69, 9.17) is 9.26 Å². The van der Waals surface area contributed by atoms with E-state index >= 15 is 0 Å². The summed E-state index contributed by atoms with van der Waals surface area (Å²) in [6.07, 6.45) is 1.58. The Labute approximate surface area is 119 Å². The van der Waals surface area contributed by atoms with Crippen LogP contribution in [0.1, 0.15) is 5.69 Å². The van der Waals surface area contributed by atoms with E-state index < -0.39 is 0 Å². The van der Waals surface area contributed by atoms with Gasteiger partial charge in [0.1, 0.15) is 12.0 Å². The predicted octanol–water partition coefficient (Wildman–Crippen LogP) is 0.0140. The third-order valence-electron chi connectivity index (χ3n) is 3.28. The van der Waals surface area contributed by atoms with Crippen molar-refractivity contribution in [2.24, 2.45) is 4.99 Å². The van der Waals surface area contributed by atoms with E-state index in [1.54, 1.807) is 13.3 Å². The van der Waals surface area contributed by atoms with Gasteiger partial charge in [-0.15, -0.1) is 0 Å². The van der Waals surface area contributed by atoms with Crippen molar-refractivity contribution in [2.45, 2.75) is 6.54 Å². The lowest BCUT2D eigenvalue weighted by Gasteiger charge is -2.27. The van der Waals surface area contributed by atoms with Gasteiger partial charge in [-0.1, -0.05) is 5.16 Å². The van der Waals surface area contributed by atoms with Gasteiger partial charge in [0.05, 0.1) is 19.8 Å². The third kappa shape index (κ3) is 4.50. The van der Waals surface area contributed by atoms with Crippen LogP contribution in [-0.2, 0) is 11.3 Å². The summed E-state index contributed by atoms with van der Waals surface area (Å²) in [6.45, 7) is 6.23. The highest BCUT2D eigenvalue weighted by molar-refractivity contribution is 5.79. The zero-order chi connectivity index (χ0) is 14.2. The van der Waals surface area contributed by atoms with Gasteiger partial charge in [0, 0.05) is 46.3 Å². The van der Waals surface area contributed by atoms with Gasteiger partial charge in [-0.3, -0.25) is 9.89 Å². The second kappa shape index (κ2) is 7.86. The molecular formula is C13H23N5O2. The van der Waals surface area contributed by atoms with Gasteiger partial charge < -0.3 is 19.5 Å². The van der Waals surface area contributed by atoms with Crippen LogP contribution >= 0.6 is 0 Å². The van der Waals surface area contributed by atoms with E-state index in [1.165, 1.54) is 0 Å². The highest BCUT2D eigenvalue weighted by Crippen LogP contribution is 2.00. The van der Waals surface area contributed by atoms with Crippen LogP contribution in [0.5, 0.6) is 0 Å². The van der Waals surface area contributed by atoms with Crippen LogP contribution in [0.25, 0.3) is 0 Å². The standard InChI is InChI=1S/C13H23N5O2/c1-14-13(17(2)11-12-3-8-20-16-12)15-4-5-18-6-9-19-10-7-18/h3,8H,4-7,9-11H2,1-2H3,(H,14,15). The average Bonchev–Trinajstić information content (AvgIpc) is 2.97. The first-order valence-corrected chi connectivity index (χ1v) is 6.90. The van der Waals surface area contributed by atoms with Crippen molar-refractivity contribution >= 4 is 5.96 Å². The zero-order valence-electron chi connectivity index (χ0n) is 12.2. The molecule has 0 unspecified atom stereocenters. The second-order valence-corrected chi connectivity index (χ2v) is 4.77. The molecular weight excluding hydrogens is 258 g/mol. The van der Waals surface area contributed by atoms with Crippen molar-refractivity contribution in [3.63, 3.8) is 0 Å². The van der Waals surface area contributed by atoms with E-state index in [0.29, 0.717) is 6.54 Å². The number of nitrogens with zero attached hydrogens (tertiary/aromatic N) is 4. The first-order valence-electron chi connectivity index (χ1n) is 6.90. The predicted molar refractivity (Wildman–Crippen MR) is 76.6 cm³/mol. The molecule has 1 aliphatic heterocycles. The van der Waals surface area contributed by atoms with Crippen molar-refractivity contribution < 1.29 is 9.26 Å². The molecule has 0 spiro atoms. The van der Waals surface area contributed by atoms with E-state index in [1.807, 2.05) is 18.0 Å². The summed E-state index contributed by atoms with van der Waals surface area (Å²) in [5.41, 5.74) is 0.892. The molecule has 112 valence electrons. The maximum absolute atomic E-state index is 5.34. The molecule has 20 heavy (non-hydrogen) atoms. The van der Waals surface area contributed by atoms with Gasteiger partial charge in [0.2, 0.25) is 0 Å². The molecule has 0 aromatic carbocycles. The summed E-state index contributed by atoms with van der Waals surface area (Å²) in [5, 5.41) is 7.27. The minimum Gasteiger partial charge on any atom is -0.379 e. The van der Waals surface area contributed by atoms with Crippen molar-refractivity contribution in [1.29, 1.82) is 0 Å². The molecule has 1 aromatic heterocycles. The van der Waals surface area contributed by atoms with Gasteiger partial charge in [0.15, 0.2) is 5.96 Å². The Morgan fingerprint density at radius 1 is 1.50 bits per heavy atom. The monoisotopic (exact) mass is 281 g/mol. The molecule has 7 nitrogen and oxygen atoms in total. The van der Waals surface area contributed by atoms with Gasteiger partial charge in [-0.2, -0.15) is 0 Å². The van der Waals surface area contributed by atoms with Crippen LogP contribution < -0.4 is 5.32 Å². The Morgan fingerprint density at radius 2 is 2.30 bits per heavy atom. The van der Waals surface area contributed by atoms with E-state index in [2.05, 4.69) is 20.4 Å². The van der Waals surface area contributed by atoms with Gasteiger partial charge >= 0.3 is 0 Å². The number of hydrogen-bond donors (Lipinski definition) is 1. The quantitative estimate of drug-likeness (QED) is 0.606. The normalized spacial score (nSPS) is 17.2. The van der Waals surface area contributed by atoms with Crippen LogP contribution in [0, 0.1) is 0 Å². The molecule has 1 fully saturated rings. The summed E-state index contributed by atoms with van der Waals surface area (Å²) in [6, 6.07) is 1.86. The molecule has 2 rings (SSSR count). The topological polar surface area (TPSA) is 66.1 Å². The Kier molecular flexibility index (Phi) is 5.82. The zero-order valence-corrected chi connectivity index (χ0v) is 12.2. The summed E-state index contributed by atoms with van der Waals surface area (Å²) < 4.78 is 10.2. The number of nitrogens with one attached hydrogen (secondary N) is 1. The smallest absolute Gasteiger partial charge is 0.193 e. The number of aromatic nitrogens is 1. The molecule has 0 radical (unpaired) electrons. The maximum atomic E-state index is 5.34. The van der Waals surface area contributed by atoms with Gasteiger partial charge in [0.25, 0.3) is 0 Å². The molecule has 0 aliphatic carbocycles. The van der Waals surface area contributed by atoms with Crippen LogP contribution in [0.15, 0.2) is 21.8 Å². The molecule has 0 bridgehead atoms. The molecule has 7 heteroatoms. The second-order valence-electron chi connectivity index (χ2n) is 4.77. The van der Waals surface area contributed by atoms with Crippen LogP contribution in [0.3, 0.4) is 0 Å². The minimum atomic E-state index is 0.674. The van der Waals surface area contributed by atoms with Crippen LogP contribution in [0.2, 0.25) is 0 Å². The van der Waals surface area contributed by atoms with Gasteiger partial charge in [-0.05, 0) is 0 Å². The van der Waals surface area contributed by atoms with E-state index in [9.17, 15) is 0 Å². The fourth-order valence-electron chi connectivity index (χ4n) is 2.17. The largest absolute Gasteiger partial charge is 0.379 e. The summed E-state index contributed by atoms with van der Waals surface area (Å²) in [7, 11) is 3.77. The molecule has 0 atom stereocenters. The summed E-state index contributed by atoms with van der Waals surface area (Å²) in [4.78, 5) is 8.70. The lowest BCUT2D eigenvalue weighted by molar-refractivity contribution is 0.0388. The molecule has 0 amide bonds. The fraction of sp³-hybridized carbons (Fsp3) is 0.692. The Bertz CT molecular complexity index is 401. The first kappa shape index (κ1) is 14.8. The van der Waals surface area contributed by atoms with E-state index in [-0.39, 0.29) is 0 Å². The van der Waals surface area contributed by atoms with Crippen molar-refractivity contribution in [2.75, 3.05) is 53.5 Å². The Balaban J connectivity index is 1.71. The molecule has 1 aromatic rings. The molecule has 2 heterocycles. The van der Waals surface area contributed by atoms with Crippen molar-refractivity contribution in [1.82, 2.24) is 20.3 Å². The Hall–Kier alpha value is -1.60. The maximum Gasteiger partial charge on any atom is 0.193 e. The average molecular weight is 281 g/mol. The van der Waals surface area contributed by atoms with Gasteiger partial charge in [-0.25, -0.2) is 0 Å². The number of morpholine rings is 1. The number of rotatable bonds is 5. The molecule has 0 saturated carbocycles. The summed E-state index contributed by atoms with van der Waals surface area (Å²) >= 11 is 0. The number of hydrogen-bond acceptors (Lipinski definition) is 5. The number of aliphatic imine (C=N–C) groups is 1. The minimum absolute atomic E-state index is 0.674. The number of ether oxygens (including phenoxy) is 1. The molecule has 1 saturated heterocycles. The number of guanidine groups is 1. The fourth-order valence-corrected chi connectivity index (χ4v) is 2.17.